The Morgan fingerprint density at radius 1 is 1.35 bits per heavy atom. The van der Waals surface area contributed by atoms with Crippen molar-refractivity contribution in [2.75, 3.05) is 13.2 Å². The Bertz CT molecular complexity index is 610. The first-order valence-electron chi connectivity index (χ1n) is 6.44. The van der Waals surface area contributed by atoms with E-state index in [4.69, 9.17) is 9.47 Å². The van der Waals surface area contributed by atoms with Crippen LogP contribution in [0.4, 0.5) is 0 Å². The van der Waals surface area contributed by atoms with E-state index in [-0.39, 0.29) is 11.9 Å². The number of rotatable bonds is 3. The van der Waals surface area contributed by atoms with Gasteiger partial charge < -0.3 is 19.8 Å². The highest BCUT2D eigenvalue weighted by atomic mass is 16.6. The quantitative estimate of drug-likeness (QED) is 0.892. The van der Waals surface area contributed by atoms with Gasteiger partial charge in [-0.2, -0.15) is 0 Å². The van der Waals surface area contributed by atoms with Crippen LogP contribution in [0, 0.1) is 0 Å². The maximum atomic E-state index is 12.2. The average molecular weight is 273 g/mol. The highest BCUT2D eigenvalue weighted by molar-refractivity contribution is 5.95. The molecule has 1 aromatic carbocycles. The Morgan fingerprint density at radius 2 is 2.15 bits per heavy atom. The monoisotopic (exact) mass is 273 g/mol. The second-order valence-corrected chi connectivity index (χ2v) is 4.53. The number of H-pyrrole nitrogens is 1. The highest BCUT2D eigenvalue weighted by Crippen LogP contribution is 2.30. The SMILES string of the molecule is CC(NC(=O)c1ccc2c(c1)OCCO2)c1ncc[nH]1. The summed E-state index contributed by atoms with van der Waals surface area (Å²) in [7, 11) is 0. The van der Waals surface area contributed by atoms with Gasteiger partial charge in [0.2, 0.25) is 0 Å². The number of hydrogen-bond acceptors (Lipinski definition) is 4. The number of ether oxygens (including phenoxy) is 2. The first-order valence-corrected chi connectivity index (χ1v) is 6.44. The summed E-state index contributed by atoms with van der Waals surface area (Å²) in [6.45, 7) is 2.91. The first kappa shape index (κ1) is 12.5. The molecule has 104 valence electrons. The van der Waals surface area contributed by atoms with Gasteiger partial charge in [0.25, 0.3) is 5.91 Å². The van der Waals surface area contributed by atoms with Gasteiger partial charge in [-0.05, 0) is 25.1 Å². The van der Waals surface area contributed by atoms with Gasteiger partial charge >= 0.3 is 0 Å². The Morgan fingerprint density at radius 3 is 2.90 bits per heavy atom. The summed E-state index contributed by atoms with van der Waals surface area (Å²) in [5, 5.41) is 2.88. The summed E-state index contributed by atoms with van der Waals surface area (Å²) in [5.74, 6) is 1.82. The molecule has 2 N–H and O–H groups in total. The van der Waals surface area contributed by atoms with Crippen molar-refractivity contribution < 1.29 is 14.3 Å². The third-order valence-corrected chi connectivity index (χ3v) is 3.08. The van der Waals surface area contributed by atoms with Gasteiger partial charge in [-0.1, -0.05) is 0 Å². The molecular formula is C14H15N3O3. The van der Waals surface area contributed by atoms with Gasteiger partial charge in [0.15, 0.2) is 11.5 Å². The van der Waals surface area contributed by atoms with Crippen molar-refractivity contribution in [3.05, 3.63) is 42.0 Å². The summed E-state index contributed by atoms with van der Waals surface area (Å²) in [5.41, 5.74) is 0.535. The maximum absolute atomic E-state index is 12.2. The molecule has 1 aromatic heterocycles. The van der Waals surface area contributed by atoms with Gasteiger partial charge in [-0.3, -0.25) is 4.79 Å². The van der Waals surface area contributed by atoms with Gasteiger partial charge in [0.05, 0.1) is 6.04 Å². The molecule has 0 radical (unpaired) electrons. The van der Waals surface area contributed by atoms with E-state index in [1.807, 2.05) is 6.92 Å². The standard InChI is InChI=1S/C14H15N3O3/c1-9(13-15-4-5-16-13)17-14(18)10-2-3-11-12(8-10)20-7-6-19-11/h2-5,8-9H,6-7H2,1H3,(H,15,16)(H,17,18). The normalized spacial score (nSPS) is 14.7. The van der Waals surface area contributed by atoms with Crippen LogP contribution in [-0.2, 0) is 0 Å². The van der Waals surface area contributed by atoms with Crippen molar-refractivity contribution in [2.24, 2.45) is 0 Å². The zero-order valence-corrected chi connectivity index (χ0v) is 11.1. The lowest BCUT2D eigenvalue weighted by atomic mass is 10.1. The summed E-state index contributed by atoms with van der Waals surface area (Å²) >= 11 is 0. The van der Waals surface area contributed by atoms with E-state index in [1.54, 1.807) is 30.6 Å². The molecule has 2 heterocycles. The molecule has 0 bridgehead atoms. The number of carbonyl (C=O) groups excluding carboxylic acids is 1. The Kier molecular flexibility index (Phi) is 3.28. The summed E-state index contributed by atoms with van der Waals surface area (Å²) < 4.78 is 10.9. The number of amides is 1. The van der Waals surface area contributed by atoms with Gasteiger partial charge in [-0.15, -0.1) is 0 Å². The first-order chi connectivity index (χ1) is 9.74. The number of nitrogens with one attached hydrogen (secondary N) is 2. The van der Waals surface area contributed by atoms with Gasteiger partial charge in [0.1, 0.15) is 19.0 Å². The van der Waals surface area contributed by atoms with Crippen molar-refractivity contribution in [2.45, 2.75) is 13.0 Å². The van der Waals surface area contributed by atoms with E-state index < -0.39 is 0 Å². The van der Waals surface area contributed by atoms with Crippen molar-refractivity contribution in [1.29, 1.82) is 0 Å². The van der Waals surface area contributed by atoms with Gasteiger partial charge in [0, 0.05) is 18.0 Å². The third-order valence-electron chi connectivity index (χ3n) is 3.08. The fourth-order valence-electron chi connectivity index (χ4n) is 2.05. The number of aromatic nitrogens is 2. The number of nitrogens with zero attached hydrogens (tertiary/aromatic N) is 1. The number of aromatic amines is 1. The Balaban J connectivity index is 1.74. The van der Waals surface area contributed by atoms with Crippen molar-refractivity contribution >= 4 is 5.91 Å². The Hall–Kier alpha value is -2.50. The molecule has 3 rings (SSSR count). The van der Waals surface area contributed by atoms with Crippen LogP contribution in [0.1, 0.15) is 29.1 Å². The van der Waals surface area contributed by atoms with E-state index >= 15 is 0 Å². The van der Waals surface area contributed by atoms with E-state index in [1.165, 1.54) is 0 Å². The summed E-state index contributed by atoms with van der Waals surface area (Å²) in [4.78, 5) is 19.3. The summed E-state index contributed by atoms with van der Waals surface area (Å²) in [6, 6.07) is 4.97. The molecule has 1 amide bonds. The Labute approximate surface area is 116 Å². The van der Waals surface area contributed by atoms with Crippen LogP contribution in [0.25, 0.3) is 0 Å². The van der Waals surface area contributed by atoms with Crippen LogP contribution < -0.4 is 14.8 Å². The minimum absolute atomic E-state index is 0.175. The van der Waals surface area contributed by atoms with Crippen molar-refractivity contribution in [1.82, 2.24) is 15.3 Å². The van der Waals surface area contributed by atoms with E-state index in [2.05, 4.69) is 15.3 Å². The molecule has 0 fully saturated rings. The highest BCUT2D eigenvalue weighted by Gasteiger charge is 2.17. The minimum atomic E-state index is -0.189. The second kappa shape index (κ2) is 5.24. The largest absolute Gasteiger partial charge is 0.486 e. The van der Waals surface area contributed by atoms with Crippen LogP contribution in [0.15, 0.2) is 30.6 Å². The average Bonchev–Trinajstić information content (AvgIpc) is 3.01. The number of imidazole rings is 1. The lowest BCUT2D eigenvalue weighted by Gasteiger charge is -2.19. The topological polar surface area (TPSA) is 76.2 Å². The van der Waals surface area contributed by atoms with Crippen molar-refractivity contribution in [3.8, 4) is 11.5 Å². The number of hydrogen-bond donors (Lipinski definition) is 2. The summed E-state index contributed by atoms with van der Waals surface area (Å²) in [6.07, 6.45) is 3.38. The molecule has 0 aliphatic carbocycles. The van der Waals surface area contributed by atoms with E-state index in [0.717, 1.165) is 5.82 Å². The molecule has 1 atom stereocenters. The zero-order valence-electron chi connectivity index (χ0n) is 11.1. The fourth-order valence-corrected chi connectivity index (χ4v) is 2.05. The van der Waals surface area contributed by atoms with Crippen molar-refractivity contribution in [3.63, 3.8) is 0 Å². The molecule has 6 nitrogen and oxygen atoms in total. The predicted molar refractivity (Wildman–Crippen MR) is 71.9 cm³/mol. The molecule has 20 heavy (non-hydrogen) atoms. The van der Waals surface area contributed by atoms with Crippen LogP contribution in [-0.4, -0.2) is 29.1 Å². The smallest absolute Gasteiger partial charge is 0.251 e. The van der Waals surface area contributed by atoms with E-state index in [9.17, 15) is 4.79 Å². The van der Waals surface area contributed by atoms with Crippen LogP contribution in [0.3, 0.4) is 0 Å². The number of carbonyl (C=O) groups is 1. The third kappa shape index (κ3) is 2.45. The molecule has 0 saturated heterocycles. The lowest BCUT2D eigenvalue weighted by Crippen LogP contribution is -2.27. The van der Waals surface area contributed by atoms with Crippen LogP contribution in [0.5, 0.6) is 11.5 Å². The van der Waals surface area contributed by atoms with Gasteiger partial charge in [-0.25, -0.2) is 4.98 Å². The molecule has 6 heteroatoms. The van der Waals surface area contributed by atoms with Crippen LogP contribution in [0.2, 0.25) is 0 Å². The fraction of sp³-hybridized carbons (Fsp3) is 0.286. The molecule has 1 aliphatic heterocycles. The molecule has 0 saturated carbocycles. The molecule has 1 unspecified atom stereocenters. The zero-order chi connectivity index (χ0) is 13.9. The lowest BCUT2D eigenvalue weighted by molar-refractivity contribution is 0.0937. The number of fused-ring (bicyclic) bond motifs is 1. The predicted octanol–water partition coefficient (Wildman–Crippen LogP) is 1.67. The van der Waals surface area contributed by atoms with E-state index in [0.29, 0.717) is 30.3 Å². The minimum Gasteiger partial charge on any atom is -0.486 e. The molecule has 2 aromatic rings. The number of benzene rings is 1. The molecule has 1 aliphatic rings. The second-order valence-electron chi connectivity index (χ2n) is 4.53. The molecular weight excluding hydrogens is 258 g/mol. The van der Waals surface area contributed by atoms with Crippen LogP contribution >= 0.6 is 0 Å². The maximum Gasteiger partial charge on any atom is 0.251 e. The molecule has 0 spiro atoms.